The van der Waals surface area contributed by atoms with E-state index in [1.165, 1.54) is 0 Å². The molecular weight excluding hydrogens is 241 g/mol. The molecule has 0 aromatic heterocycles. The molecule has 19 heavy (non-hydrogen) atoms. The van der Waals surface area contributed by atoms with Crippen LogP contribution in [-0.2, 0) is 9.31 Å². The van der Waals surface area contributed by atoms with Crippen LogP contribution in [0.25, 0.3) is 0 Å². The summed E-state index contributed by atoms with van der Waals surface area (Å²) in [6.07, 6.45) is 0. The summed E-state index contributed by atoms with van der Waals surface area (Å²) in [6, 6.07) is 5.36. The zero-order chi connectivity index (χ0) is 14.4. The molecule has 2 rings (SSSR count). The van der Waals surface area contributed by atoms with E-state index in [9.17, 15) is 5.11 Å². The molecule has 1 aromatic rings. The van der Waals surface area contributed by atoms with Gasteiger partial charge in [-0.15, -0.1) is 0 Å². The van der Waals surface area contributed by atoms with Gasteiger partial charge in [-0.2, -0.15) is 0 Å². The molecule has 104 valence electrons. The van der Waals surface area contributed by atoms with Crippen LogP contribution in [0, 0.1) is 6.92 Å². The van der Waals surface area contributed by atoms with Gasteiger partial charge in [0.05, 0.1) is 17.1 Å². The first kappa shape index (κ1) is 14.4. The van der Waals surface area contributed by atoms with Gasteiger partial charge in [-0.05, 0) is 40.7 Å². The molecule has 1 fully saturated rings. The van der Waals surface area contributed by atoms with Crippen LogP contribution in [0.2, 0.25) is 0 Å². The Balaban J connectivity index is 2.27. The lowest BCUT2D eigenvalue weighted by Crippen LogP contribution is -2.41. The van der Waals surface area contributed by atoms with Crippen LogP contribution in [0.4, 0.5) is 0 Å². The van der Waals surface area contributed by atoms with Crippen LogP contribution >= 0.6 is 0 Å². The minimum atomic E-state index is -0.558. The molecule has 0 amide bonds. The summed E-state index contributed by atoms with van der Waals surface area (Å²) in [5.74, 6) is -0.339. The van der Waals surface area contributed by atoms with E-state index in [-0.39, 0.29) is 5.75 Å². The highest BCUT2D eigenvalue weighted by atomic mass is 16.7. The number of phenols is 1. The maximum absolute atomic E-state index is 9.93. The topological polar surface area (TPSA) is 64.7 Å². The lowest BCUT2D eigenvalue weighted by molar-refractivity contribution is 0.00578. The van der Waals surface area contributed by atoms with E-state index in [1.54, 1.807) is 6.07 Å². The van der Waals surface area contributed by atoms with Crippen molar-refractivity contribution in [1.29, 1.82) is 0 Å². The van der Waals surface area contributed by atoms with Crippen LogP contribution in [0.15, 0.2) is 18.2 Å². The molecule has 0 radical (unpaired) electrons. The van der Waals surface area contributed by atoms with Crippen LogP contribution in [-0.4, -0.2) is 23.4 Å². The van der Waals surface area contributed by atoms with Crippen molar-refractivity contribution < 1.29 is 14.4 Å². The molecule has 0 spiro atoms. The quantitative estimate of drug-likeness (QED) is 0.804. The second kappa shape index (κ2) is 4.51. The summed E-state index contributed by atoms with van der Waals surface area (Å²) in [5, 5.41) is 9.93. The first-order valence-electron chi connectivity index (χ1n) is 6.55. The van der Waals surface area contributed by atoms with Gasteiger partial charge in [0, 0.05) is 5.56 Å². The van der Waals surface area contributed by atoms with Gasteiger partial charge in [0.25, 0.3) is 0 Å². The van der Waals surface area contributed by atoms with Crippen molar-refractivity contribution >= 4 is 7.12 Å². The van der Waals surface area contributed by atoms with Gasteiger partial charge in [0.1, 0.15) is 5.75 Å². The first-order valence-corrected chi connectivity index (χ1v) is 6.55. The molecule has 0 bridgehead atoms. The molecule has 3 N–H and O–H groups in total. The third-order valence-electron chi connectivity index (χ3n) is 4.11. The number of nitrogens with two attached hydrogens (primary N) is 1. The Morgan fingerprint density at radius 3 is 2.21 bits per heavy atom. The number of aromatic hydroxyl groups is 1. The third-order valence-corrected chi connectivity index (χ3v) is 4.11. The van der Waals surface area contributed by atoms with E-state index in [0.29, 0.717) is 5.56 Å². The van der Waals surface area contributed by atoms with Crippen molar-refractivity contribution in [1.82, 2.24) is 0 Å². The van der Waals surface area contributed by atoms with Gasteiger partial charge >= 0.3 is 7.12 Å². The predicted molar refractivity (Wildman–Crippen MR) is 75.9 cm³/mol. The van der Waals surface area contributed by atoms with Crippen LogP contribution in [0.3, 0.4) is 0 Å². The number of benzene rings is 1. The van der Waals surface area contributed by atoms with Gasteiger partial charge in [-0.1, -0.05) is 17.7 Å². The molecule has 1 atom stereocenters. The Morgan fingerprint density at radius 2 is 1.68 bits per heavy atom. The smallest absolute Gasteiger partial charge is 0.480 e. The number of hydrogen-bond acceptors (Lipinski definition) is 4. The molecule has 1 heterocycles. The van der Waals surface area contributed by atoms with E-state index in [2.05, 4.69) is 0 Å². The van der Waals surface area contributed by atoms with Crippen molar-refractivity contribution in [3.63, 3.8) is 0 Å². The lowest BCUT2D eigenvalue weighted by Gasteiger charge is -2.32. The fourth-order valence-electron chi connectivity index (χ4n) is 2.12. The van der Waals surface area contributed by atoms with Crippen molar-refractivity contribution in [2.45, 2.75) is 51.8 Å². The van der Waals surface area contributed by atoms with E-state index >= 15 is 0 Å². The van der Waals surface area contributed by atoms with Crippen LogP contribution < -0.4 is 5.73 Å². The van der Waals surface area contributed by atoms with E-state index in [0.717, 1.165) is 5.56 Å². The molecule has 1 aromatic carbocycles. The summed E-state index contributed by atoms with van der Waals surface area (Å²) in [6.45, 7) is 9.89. The van der Waals surface area contributed by atoms with Gasteiger partial charge < -0.3 is 20.1 Å². The summed E-state index contributed by atoms with van der Waals surface area (Å²) >= 11 is 0. The second-order valence-corrected chi connectivity index (χ2v) is 6.21. The third kappa shape index (κ3) is 2.50. The zero-order valence-electron chi connectivity index (χ0n) is 12.2. The van der Waals surface area contributed by atoms with Gasteiger partial charge in [0.15, 0.2) is 0 Å². The molecule has 0 aliphatic carbocycles. The first-order chi connectivity index (χ1) is 8.64. The Bertz CT molecular complexity index is 472. The minimum absolute atomic E-state index is 0.174. The average Bonchev–Trinajstić information content (AvgIpc) is 2.51. The second-order valence-electron chi connectivity index (χ2n) is 6.21. The normalized spacial score (nSPS) is 22.5. The van der Waals surface area contributed by atoms with Crippen molar-refractivity contribution in [2.75, 3.05) is 0 Å². The summed E-state index contributed by atoms with van der Waals surface area (Å²) in [5.41, 5.74) is 7.05. The molecular formula is C14H22BNO3. The van der Waals surface area contributed by atoms with Gasteiger partial charge in [0.2, 0.25) is 0 Å². The summed E-state index contributed by atoms with van der Waals surface area (Å²) in [4.78, 5) is 0. The summed E-state index contributed by atoms with van der Waals surface area (Å²) < 4.78 is 11.8. The number of aryl methyl sites for hydroxylation is 1. The van der Waals surface area contributed by atoms with Gasteiger partial charge in [-0.3, -0.25) is 0 Å². The number of phenolic OH excluding ortho intramolecular Hbond substituents is 1. The molecule has 5 heteroatoms. The maximum atomic E-state index is 9.93. The molecule has 1 saturated heterocycles. The molecule has 0 saturated carbocycles. The molecule has 0 unspecified atom stereocenters. The fraction of sp³-hybridized carbons (Fsp3) is 0.571. The Labute approximate surface area is 115 Å². The molecule has 1 aliphatic heterocycles. The lowest BCUT2D eigenvalue weighted by atomic mass is 9.74. The van der Waals surface area contributed by atoms with Crippen molar-refractivity contribution in [3.8, 4) is 5.75 Å². The van der Waals surface area contributed by atoms with Crippen LogP contribution in [0.5, 0.6) is 5.75 Å². The largest absolute Gasteiger partial charge is 0.508 e. The van der Waals surface area contributed by atoms with Gasteiger partial charge in [-0.25, -0.2) is 0 Å². The predicted octanol–water partition coefficient (Wildman–Crippen LogP) is 2.33. The minimum Gasteiger partial charge on any atom is -0.508 e. The average molecular weight is 263 g/mol. The molecule has 4 nitrogen and oxygen atoms in total. The number of rotatable bonds is 2. The highest BCUT2D eigenvalue weighted by Gasteiger charge is 2.53. The zero-order valence-corrected chi connectivity index (χ0v) is 12.2. The molecule has 1 aliphatic rings. The fourth-order valence-corrected chi connectivity index (χ4v) is 2.12. The van der Waals surface area contributed by atoms with Crippen LogP contribution in [0.1, 0.15) is 44.8 Å². The number of hydrogen-bond donors (Lipinski definition) is 2. The summed E-state index contributed by atoms with van der Waals surface area (Å²) in [7, 11) is -0.558. The van der Waals surface area contributed by atoms with Crippen molar-refractivity contribution in [2.24, 2.45) is 5.73 Å². The highest BCUT2D eigenvalue weighted by molar-refractivity contribution is 6.47. The monoisotopic (exact) mass is 263 g/mol. The Hall–Kier alpha value is -1.04. The SMILES string of the molecule is Cc1ccc(O)c([C@@H](N)B2OC(C)(C)C(C)(C)O2)c1. The van der Waals surface area contributed by atoms with E-state index < -0.39 is 24.3 Å². The Morgan fingerprint density at radius 1 is 1.16 bits per heavy atom. The Kier molecular flexibility index (Phi) is 3.41. The maximum Gasteiger partial charge on any atom is 0.480 e. The van der Waals surface area contributed by atoms with E-state index in [1.807, 2.05) is 46.8 Å². The van der Waals surface area contributed by atoms with Crippen molar-refractivity contribution in [3.05, 3.63) is 29.3 Å². The standard InChI is InChI=1S/C14H22BNO3/c1-9-6-7-11(17)10(8-9)12(16)15-18-13(2,3)14(4,5)19-15/h6-8,12,17H,16H2,1-5H3/t12-/m1/s1. The van der Waals surface area contributed by atoms with E-state index in [4.69, 9.17) is 15.0 Å². The highest BCUT2D eigenvalue weighted by Crippen LogP contribution is 2.40.